The van der Waals surface area contributed by atoms with Crippen molar-refractivity contribution in [3.8, 4) is 6.07 Å². The van der Waals surface area contributed by atoms with Gasteiger partial charge in [0.2, 0.25) is 0 Å². The normalized spacial score (nSPS) is 10.2. The molecule has 0 aliphatic carbocycles. The van der Waals surface area contributed by atoms with Gasteiger partial charge in [0.05, 0.1) is 15.5 Å². The van der Waals surface area contributed by atoms with Crippen molar-refractivity contribution in [2.45, 2.75) is 13.0 Å². The Morgan fingerprint density at radius 3 is 2.88 bits per heavy atom. The van der Waals surface area contributed by atoms with Crippen molar-refractivity contribution in [3.63, 3.8) is 0 Å². The maximum absolute atomic E-state index is 10.8. The second kappa shape index (κ2) is 6.33. The molecule has 0 aromatic heterocycles. The average Bonchev–Trinajstić information content (AvgIpc) is 2.28. The van der Waals surface area contributed by atoms with Crippen molar-refractivity contribution < 1.29 is 4.92 Å². The zero-order valence-electron chi connectivity index (χ0n) is 9.39. The van der Waals surface area contributed by atoms with Crippen LogP contribution in [0.15, 0.2) is 22.7 Å². The highest BCUT2D eigenvalue weighted by Gasteiger charge is 2.12. The van der Waals surface area contributed by atoms with Crippen LogP contribution in [-0.2, 0) is 6.54 Å². The third-order valence-corrected chi connectivity index (χ3v) is 2.94. The molecular weight excluding hydrogens is 286 g/mol. The van der Waals surface area contributed by atoms with Gasteiger partial charge in [0.15, 0.2) is 0 Å². The molecule has 0 spiro atoms. The van der Waals surface area contributed by atoms with Gasteiger partial charge in [-0.15, -0.1) is 0 Å². The smallest absolute Gasteiger partial charge is 0.283 e. The first-order valence-corrected chi connectivity index (χ1v) is 5.82. The monoisotopic (exact) mass is 297 g/mol. The van der Waals surface area contributed by atoms with E-state index in [1.807, 2.05) is 18.0 Å². The molecular formula is C11H12BrN3O2. The largest absolute Gasteiger partial charge is 0.301 e. The van der Waals surface area contributed by atoms with Crippen LogP contribution in [0.25, 0.3) is 0 Å². The number of nitro groups is 1. The molecule has 1 aromatic rings. The van der Waals surface area contributed by atoms with Gasteiger partial charge in [0, 0.05) is 25.6 Å². The van der Waals surface area contributed by atoms with Crippen LogP contribution >= 0.6 is 15.9 Å². The van der Waals surface area contributed by atoms with Gasteiger partial charge < -0.3 is 4.90 Å². The molecule has 0 radical (unpaired) electrons. The van der Waals surface area contributed by atoms with Crippen LogP contribution < -0.4 is 0 Å². The van der Waals surface area contributed by atoms with E-state index in [9.17, 15) is 10.1 Å². The summed E-state index contributed by atoms with van der Waals surface area (Å²) in [5, 5.41) is 19.2. The predicted molar refractivity (Wildman–Crippen MR) is 67.4 cm³/mol. The molecule has 0 aliphatic heterocycles. The van der Waals surface area contributed by atoms with Crippen molar-refractivity contribution in [2.75, 3.05) is 13.6 Å². The van der Waals surface area contributed by atoms with Crippen LogP contribution in [0.4, 0.5) is 5.69 Å². The van der Waals surface area contributed by atoms with E-state index in [0.717, 1.165) is 5.56 Å². The Labute approximate surface area is 108 Å². The summed E-state index contributed by atoms with van der Waals surface area (Å²) in [6, 6.07) is 7.12. The van der Waals surface area contributed by atoms with E-state index in [0.29, 0.717) is 24.0 Å². The van der Waals surface area contributed by atoms with Crippen LogP contribution in [0.1, 0.15) is 12.0 Å². The molecule has 90 valence electrons. The molecule has 1 rings (SSSR count). The molecule has 0 bridgehead atoms. The van der Waals surface area contributed by atoms with E-state index >= 15 is 0 Å². The van der Waals surface area contributed by atoms with Gasteiger partial charge >= 0.3 is 0 Å². The van der Waals surface area contributed by atoms with Crippen molar-refractivity contribution in [1.82, 2.24) is 4.90 Å². The van der Waals surface area contributed by atoms with Gasteiger partial charge in [0.25, 0.3) is 5.69 Å². The molecule has 1 aromatic carbocycles. The summed E-state index contributed by atoms with van der Waals surface area (Å²) in [4.78, 5) is 12.3. The zero-order valence-corrected chi connectivity index (χ0v) is 11.0. The number of rotatable bonds is 5. The summed E-state index contributed by atoms with van der Waals surface area (Å²) < 4.78 is 0.478. The Balaban J connectivity index is 2.76. The molecule has 0 saturated heterocycles. The number of halogens is 1. The minimum Gasteiger partial charge on any atom is -0.301 e. The summed E-state index contributed by atoms with van der Waals surface area (Å²) in [6.07, 6.45) is 0.453. The van der Waals surface area contributed by atoms with Crippen molar-refractivity contribution >= 4 is 21.6 Å². The maximum Gasteiger partial charge on any atom is 0.283 e. The van der Waals surface area contributed by atoms with Crippen LogP contribution in [0.2, 0.25) is 0 Å². The topological polar surface area (TPSA) is 70.2 Å². The number of hydrogen-bond acceptors (Lipinski definition) is 4. The van der Waals surface area contributed by atoms with Crippen LogP contribution in [-0.4, -0.2) is 23.4 Å². The molecule has 0 amide bonds. The van der Waals surface area contributed by atoms with Gasteiger partial charge in [-0.25, -0.2) is 0 Å². The van der Waals surface area contributed by atoms with Crippen LogP contribution in [0.5, 0.6) is 0 Å². The fourth-order valence-electron chi connectivity index (χ4n) is 1.43. The van der Waals surface area contributed by atoms with Gasteiger partial charge in [-0.1, -0.05) is 6.07 Å². The molecule has 5 nitrogen and oxygen atoms in total. The Hall–Kier alpha value is -1.45. The lowest BCUT2D eigenvalue weighted by atomic mass is 10.2. The Kier molecular flexibility index (Phi) is 5.07. The first-order valence-electron chi connectivity index (χ1n) is 5.03. The summed E-state index contributed by atoms with van der Waals surface area (Å²) in [6.45, 7) is 1.25. The third kappa shape index (κ3) is 4.13. The first-order chi connectivity index (χ1) is 8.04. The molecule has 6 heteroatoms. The summed E-state index contributed by atoms with van der Waals surface area (Å²) in [7, 11) is 1.88. The lowest BCUT2D eigenvalue weighted by Gasteiger charge is -2.14. The third-order valence-electron chi connectivity index (χ3n) is 2.27. The second-order valence-electron chi connectivity index (χ2n) is 3.69. The molecule has 17 heavy (non-hydrogen) atoms. The highest BCUT2D eigenvalue weighted by Crippen LogP contribution is 2.25. The second-order valence-corrected chi connectivity index (χ2v) is 4.54. The molecule has 0 aliphatic rings. The van der Waals surface area contributed by atoms with Crippen molar-refractivity contribution in [2.24, 2.45) is 0 Å². The molecule has 0 heterocycles. The quantitative estimate of drug-likeness (QED) is 0.619. The fourth-order valence-corrected chi connectivity index (χ4v) is 1.82. The Morgan fingerprint density at radius 1 is 1.59 bits per heavy atom. The van der Waals surface area contributed by atoms with Gasteiger partial charge in [-0.2, -0.15) is 5.26 Å². The van der Waals surface area contributed by atoms with E-state index in [1.165, 1.54) is 0 Å². The SMILES string of the molecule is CN(CCC#N)Cc1ccc(Br)c([N+](=O)[O-])c1. The molecule has 0 unspecified atom stereocenters. The van der Waals surface area contributed by atoms with Crippen molar-refractivity contribution in [3.05, 3.63) is 38.3 Å². The standard InChI is InChI=1S/C11H12BrN3O2/c1-14(6-2-5-13)8-9-3-4-10(12)11(7-9)15(16)17/h3-4,7H,2,6,8H2,1H3. The van der Waals surface area contributed by atoms with E-state index in [1.54, 1.807) is 12.1 Å². The number of nitriles is 1. The van der Waals surface area contributed by atoms with Crippen LogP contribution in [0.3, 0.4) is 0 Å². The Bertz CT molecular complexity index is 457. The molecule has 0 atom stereocenters. The predicted octanol–water partition coefficient (Wildman–Crippen LogP) is 2.70. The van der Waals surface area contributed by atoms with E-state index < -0.39 is 4.92 Å². The summed E-state index contributed by atoms with van der Waals surface area (Å²) in [5.41, 5.74) is 0.927. The minimum absolute atomic E-state index is 0.0659. The molecule has 0 fully saturated rings. The van der Waals surface area contributed by atoms with Crippen LogP contribution in [0, 0.1) is 21.4 Å². The van der Waals surface area contributed by atoms with Gasteiger partial charge in [-0.3, -0.25) is 10.1 Å². The number of hydrogen-bond donors (Lipinski definition) is 0. The van der Waals surface area contributed by atoms with Crippen molar-refractivity contribution in [1.29, 1.82) is 5.26 Å². The summed E-state index contributed by atoms with van der Waals surface area (Å²) >= 11 is 3.14. The lowest BCUT2D eigenvalue weighted by molar-refractivity contribution is -0.385. The fraction of sp³-hybridized carbons (Fsp3) is 0.364. The first kappa shape index (κ1) is 13.6. The number of nitro benzene ring substituents is 1. The number of nitrogens with zero attached hydrogens (tertiary/aromatic N) is 3. The molecule has 0 saturated carbocycles. The van der Waals surface area contributed by atoms with Gasteiger partial charge in [0.1, 0.15) is 0 Å². The highest BCUT2D eigenvalue weighted by molar-refractivity contribution is 9.10. The van der Waals surface area contributed by atoms with E-state index in [2.05, 4.69) is 22.0 Å². The Morgan fingerprint density at radius 2 is 2.29 bits per heavy atom. The van der Waals surface area contributed by atoms with E-state index in [-0.39, 0.29) is 5.69 Å². The zero-order chi connectivity index (χ0) is 12.8. The highest BCUT2D eigenvalue weighted by atomic mass is 79.9. The summed E-state index contributed by atoms with van der Waals surface area (Å²) in [5.74, 6) is 0. The van der Waals surface area contributed by atoms with Gasteiger partial charge in [-0.05, 0) is 34.6 Å². The molecule has 0 N–H and O–H groups in total. The maximum atomic E-state index is 10.8. The lowest BCUT2D eigenvalue weighted by Crippen LogP contribution is -2.18. The average molecular weight is 298 g/mol. The number of benzene rings is 1. The van der Waals surface area contributed by atoms with E-state index in [4.69, 9.17) is 5.26 Å². The minimum atomic E-state index is -0.414.